The van der Waals surface area contributed by atoms with Crippen LogP contribution in [-0.4, -0.2) is 38.4 Å². The monoisotopic (exact) mass is 488 g/mol. The average Bonchev–Trinajstić information content (AvgIpc) is 3.56. The van der Waals surface area contributed by atoms with E-state index >= 15 is 0 Å². The van der Waals surface area contributed by atoms with Crippen LogP contribution in [0.25, 0.3) is 21.2 Å². The molecule has 0 bridgehead atoms. The van der Waals surface area contributed by atoms with Gasteiger partial charge in [-0.15, -0.1) is 11.3 Å². The first-order valence-corrected chi connectivity index (χ1v) is 11.9. The van der Waals surface area contributed by atoms with Crippen molar-refractivity contribution in [3.8, 4) is 16.2 Å². The van der Waals surface area contributed by atoms with Crippen LogP contribution in [0.2, 0.25) is 0 Å². The first-order chi connectivity index (χ1) is 17.0. The highest BCUT2D eigenvalue weighted by molar-refractivity contribution is 7.13. The van der Waals surface area contributed by atoms with Crippen molar-refractivity contribution in [3.05, 3.63) is 82.7 Å². The van der Waals surface area contributed by atoms with Crippen LogP contribution in [0.1, 0.15) is 21.5 Å². The summed E-state index contributed by atoms with van der Waals surface area (Å²) in [6, 6.07) is 19.3. The smallest absolute Gasteiger partial charge is 0.429 e. The van der Waals surface area contributed by atoms with Gasteiger partial charge in [0, 0.05) is 28.9 Å². The van der Waals surface area contributed by atoms with Crippen LogP contribution in [0.3, 0.4) is 0 Å². The lowest BCUT2D eigenvalue weighted by Gasteiger charge is -2.27. The number of hydrogen-bond acceptors (Lipinski definition) is 7. The zero-order valence-electron chi connectivity index (χ0n) is 19.6. The molecular weight excluding hydrogens is 464 g/mol. The number of rotatable bonds is 5. The van der Waals surface area contributed by atoms with Crippen LogP contribution in [0, 0.1) is 0 Å². The standard InChI is InChI=1S/C27H24N2O5S/c1-32-20-9-6-17(7-10-20)15-28-16-23-22(24-5-4-12-35-24)14-19-13-18(26(30)33-2)8-11-21(19)25(23)29(28)27(31)34-3/h4-14H,15-16H2,1-3H3. The molecule has 1 aliphatic heterocycles. The van der Waals surface area contributed by atoms with Crippen LogP contribution in [0.5, 0.6) is 5.75 Å². The first-order valence-electron chi connectivity index (χ1n) is 11.0. The molecule has 0 saturated carbocycles. The van der Waals surface area contributed by atoms with Gasteiger partial charge in [0.1, 0.15) is 5.75 Å². The van der Waals surface area contributed by atoms with Crippen LogP contribution in [-0.2, 0) is 22.6 Å². The Hall–Kier alpha value is -3.88. The van der Waals surface area contributed by atoms with E-state index in [0.717, 1.165) is 43.8 Å². The molecule has 1 aliphatic rings. The fourth-order valence-corrected chi connectivity index (χ4v) is 5.26. The number of anilines is 1. The van der Waals surface area contributed by atoms with E-state index in [-0.39, 0.29) is 0 Å². The van der Waals surface area contributed by atoms with Gasteiger partial charge in [0.2, 0.25) is 0 Å². The van der Waals surface area contributed by atoms with Crippen molar-refractivity contribution in [2.24, 2.45) is 0 Å². The quantitative estimate of drug-likeness (QED) is 0.328. The van der Waals surface area contributed by atoms with Crippen molar-refractivity contribution in [1.29, 1.82) is 0 Å². The van der Waals surface area contributed by atoms with E-state index in [4.69, 9.17) is 14.2 Å². The Morgan fingerprint density at radius 3 is 2.43 bits per heavy atom. The molecule has 0 aliphatic carbocycles. The number of thiophene rings is 1. The summed E-state index contributed by atoms with van der Waals surface area (Å²) in [6.45, 7) is 1.03. The first kappa shape index (κ1) is 22.9. The Kier molecular flexibility index (Phi) is 6.15. The van der Waals surface area contributed by atoms with Gasteiger partial charge in [-0.1, -0.05) is 24.3 Å². The minimum Gasteiger partial charge on any atom is -0.497 e. The SMILES string of the molecule is COC(=O)c1ccc2c3c(c(-c4cccs4)cc2c1)CN(Cc1ccc(OC)cc1)N3C(=O)OC. The van der Waals surface area contributed by atoms with Gasteiger partial charge in [-0.05, 0) is 58.3 Å². The number of fused-ring (bicyclic) bond motifs is 3. The van der Waals surface area contributed by atoms with E-state index in [9.17, 15) is 9.59 Å². The molecule has 0 atom stereocenters. The molecule has 0 radical (unpaired) electrons. The number of benzene rings is 3. The molecule has 0 spiro atoms. The van der Waals surface area contributed by atoms with Crippen LogP contribution in [0.15, 0.2) is 66.0 Å². The third-order valence-corrected chi connectivity index (χ3v) is 7.04. The predicted molar refractivity (Wildman–Crippen MR) is 136 cm³/mol. The van der Waals surface area contributed by atoms with Gasteiger partial charge in [0.05, 0.1) is 32.6 Å². The van der Waals surface area contributed by atoms with Crippen molar-refractivity contribution >= 4 is 39.9 Å². The second-order valence-electron chi connectivity index (χ2n) is 8.11. The van der Waals surface area contributed by atoms with Crippen LogP contribution >= 0.6 is 11.3 Å². The Labute approximate surface area is 207 Å². The number of amides is 1. The zero-order chi connectivity index (χ0) is 24.5. The van der Waals surface area contributed by atoms with Crippen molar-refractivity contribution < 1.29 is 23.8 Å². The second-order valence-corrected chi connectivity index (χ2v) is 9.06. The second kappa shape index (κ2) is 9.40. The summed E-state index contributed by atoms with van der Waals surface area (Å²) < 4.78 is 15.4. The number of nitrogens with zero attached hydrogens (tertiary/aromatic N) is 2. The van der Waals surface area contributed by atoms with Crippen LogP contribution < -0.4 is 9.75 Å². The maximum Gasteiger partial charge on any atom is 0.429 e. The highest BCUT2D eigenvalue weighted by Crippen LogP contribution is 2.45. The summed E-state index contributed by atoms with van der Waals surface area (Å²) in [5.74, 6) is 0.367. The Morgan fingerprint density at radius 2 is 1.77 bits per heavy atom. The summed E-state index contributed by atoms with van der Waals surface area (Å²) in [5.41, 5.74) is 4.31. The number of methoxy groups -OCH3 is 3. The van der Waals surface area contributed by atoms with Crippen molar-refractivity contribution in [2.75, 3.05) is 26.3 Å². The van der Waals surface area contributed by atoms with E-state index in [1.807, 2.05) is 46.8 Å². The number of hydrogen-bond donors (Lipinski definition) is 0. The minimum absolute atomic E-state index is 0.406. The summed E-state index contributed by atoms with van der Waals surface area (Å²) >= 11 is 1.63. The number of carbonyl (C=O) groups excluding carboxylic acids is 2. The maximum atomic E-state index is 13.1. The normalized spacial score (nSPS) is 13.1. The summed E-state index contributed by atoms with van der Waals surface area (Å²) in [4.78, 5) is 26.4. The van der Waals surface area contributed by atoms with Gasteiger partial charge in [0.15, 0.2) is 0 Å². The lowest BCUT2D eigenvalue weighted by Crippen LogP contribution is -2.41. The molecule has 0 fully saturated rings. The van der Waals surface area contributed by atoms with Crippen molar-refractivity contribution in [3.63, 3.8) is 0 Å². The lowest BCUT2D eigenvalue weighted by atomic mass is 9.96. The fraction of sp³-hybridized carbons (Fsp3) is 0.185. The largest absolute Gasteiger partial charge is 0.497 e. The summed E-state index contributed by atoms with van der Waals surface area (Å²) in [6.07, 6.45) is -0.473. The van der Waals surface area contributed by atoms with Crippen molar-refractivity contribution in [2.45, 2.75) is 13.1 Å². The molecule has 0 N–H and O–H groups in total. The van der Waals surface area contributed by atoms with E-state index in [2.05, 4.69) is 12.1 Å². The molecule has 3 aromatic carbocycles. The highest BCUT2D eigenvalue weighted by atomic mass is 32.1. The minimum atomic E-state index is -0.473. The Balaban J connectivity index is 1.68. The molecule has 7 nitrogen and oxygen atoms in total. The molecule has 8 heteroatoms. The Morgan fingerprint density at radius 1 is 0.971 bits per heavy atom. The number of carbonyl (C=O) groups is 2. The molecule has 2 heterocycles. The predicted octanol–water partition coefficient (Wildman–Crippen LogP) is 5.87. The number of ether oxygens (including phenoxy) is 3. The van der Waals surface area contributed by atoms with E-state index in [1.54, 1.807) is 35.6 Å². The maximum absolute atomic E-state index is 13.1. The van der Waals surface area contributed by atoms with Gasteiger partial charge >= 0.3 is 12.1 Å². The topological polar surface area (TPSA) is 68.3 Å². The Bertz CT molecular complexity index is 1400. The van der Waals surface area contributed by atoms with Gasteiger partial charge < -0.3 is 14.2 Å². The molecule has 0 unspecified atom stereocenters. The fourth-order valence-electron chi connectivity index (χ4n) is 4.49. The third-order valence-electron chi connectivity index (χ3n) is 6.13. The number of esters is 1. The van der Waals surface area contributed by atoms with E-state index < -0.39 is 12.1 Å². The van der Waals surface area contributed by atoms with Gasteiger partial charge in [-0.2, -0.15) is 0 Å². The van der Waals surface area contributed by atoms with Crippen molar-refractivity contribution in [1.82, 2.24) is 5.01 Å². The molecule has 1 aromatic heterocycles. The van der Waals surface area contributed by atoms with Gasteiger partial charge in [-0.3, -0.25) is 0 Å². The molecule has 4 aromatic rings. The summed E-state index contributed by atoms with van der Waals surface area (Å²) in [7, 11) is 4.38. The molecule has 1 amide bonds. The average molecular weight is 489 g/mol. The molecule has 5 rings (SSSR count). The van der Waals surface area contributed by atoms with Gasteiger partial charge in [-0.25, -0.2) is 19.6 Å². The van der Waals surface area contributed by atoms with Gasteiger partial charge in [0.25, 0.3) is 0 Å². The molecule has 35 heavy (non-hydrogen) atoms. The summed E-state index contributed by atoms with van der Waals surface area (Å²) in [5, 5.41) is 7.31. The molecular formula is C27H24N2O5S. The molecule has 178 valence electrons. The highest BCUT2D eigenvalue weighted by Gasteiger charge is 2.37. The van der Waals surface area contributed by atoms with E-state index in [1.165, 1.54) is 14.2 Å². The van der Waals surface area contributed by atoms with Crippen LogP contribution in [0.4, 0.5) is 10.5 Å². The lowest BCUT2D eigenvalue weighted by molar-refractivity contribution is 0.0601. The number of hydrazine groups is 1. The zero-order valence-corrected chi connectivity index (χ0v) is 20.4. The van der Waals surface area contributed by atoms with E-state index in [0.29, 0.717) is 18.7 Å². The molecule has 0 saturated heterocycles. The third kappa shape index (κ3) is 4.11.